The third kappa shape index (κ3) is 1.37. The van der Waals surface area contributed by atoms with Crippen LogP contribution < -0.4 is 0 Å². The largest absolute Gasteiger partial charge is 0.507 e. The van der Waals surface area contributed by atoms with Gasteiger partial charge in [-0.2, -0.15) is 0 Å². The van der Waals surface area contributed by atoms with E-state index in [-0.39, 0.29) is 0 Å². The number of fused-ring (bicyclic) bond motifs is 1. The van der Waals surface area contributed by atoms with Crippen LogP contribution in [0.15, 0.2) is 47.2 Å². The number of hydrogen-bond acceptors (Lipinski definition) is 2. The van der Waals surface area contributed by atoms with Crippen LogP contribution in [0.25, 0.3) is 10.9 Å². The highest BCUT2D eigenvalue weighted by Gasteiger charge is 2.09. The van der Waals surface area contributed by atoms with Crippen molar-refractivity contribution in [3.63, 3.8) is 0 Å². The van der Waals surface area contributed by atoms with E-state index < -0.39 is 0 Å². The van der Waals surface area contributed by atoms with E-state index in [4.69, 9.17) is 4.42 Å². The molecule has 2 heterocycles. The number of benzene rings is 1. The second-order valence-corrected chi connectivity index (χ2v) is 3.77. The molecule has 3 rings (SSSR count). The van der Waals surface area contributed by atoms with Gasteiger partial charge in [0.15, 0.2) is 0 Å². The van der Waals surface area contributed by atoms with Gasteiger partial charge in [0.05, 0.1) is 6.26 Å². The highest BCUT2D eigenvalue weighted by atomic mass is 16.3. The molecule has 2 N–H and O–H groups in total. The first-order valence-corrected chi connectivity index (χ1v) is 5.15. The number of furan rings is 1. The Morgan fingerprint density at radius 1 is 1.19 bits per heavy atom. The molecular formula is C13H11NO2. The highest BCUT2D eigenvalue weighted by molar-refractivity contribution is 5.89. The molecule has 3 nitrogen and oxygen atoms in total. The standard InChI is InChI=1S/C13H11NO2/c15-12-5-1-4-11-13(12)9(8-14-11)7-10-3-2-6-16-10/h1-6,8,14-15H,7H2. The summed E-state index contributed by atoms with van der Waals surface area (Å²) in [7, 11) is 0. The predicted molar refractivity (Wildman–Crippen MR) is 61.5 cm³/mol. The first-order chi connectivity index (χ1) is 7.84. The number of aromatic nitrogens is 1. The molecule has 2 aromatic heterocycles. The van der Waals surface area contributed by atoms with Crippen LogP contribution in [0.5, 0.6) is 5.75 Å². The quantitative estimate of drug-likeness (QED) is 0.687. The number of hydrogen-bond donors (Lipinski definition) is 2. The number of aromatic amines is 1. The Hall–Kier alpha value is -2.16. The third-order valence-corrected chi connectivity index (χ3v) is 2.71. The summed E-state index contributed by atoms with van der Waals surface area (Å²) in [4.78, 5) is 3.14. The lowest BCUT2D eigenvalue weighted by atomic mass is 10.1. The minimum absolute atomic E-state index is 0.306. The van der Waals surface area contributed by atoms with Gasteiger partial charge in [-0.25, -0.2) is 0 Å². The van der Waals surface area contributed by atoms with Crippen LogP contribution in [-0.4, -0.2) is 10.1 Å². The highest BCUT2D eigenvalue weighted by Crippen LogP contribution is 2.28. The molecule has 0 saturated heterocycles. The Morgan fingerprint density at radius 3 is 2.94 bits per heavy atom. The number of phenols is 1. The normalized spacial score (nSPS) is 11.0. The molecule has 0 aliphatic heterocycles. The lowest BCUT2D eigenvalue weighted by Crippen LogP contribution is -1.83. The van der Waals surface area contributed by atoms with Gasteiger partial charge in [-0.05, 0) is 29.8 Å². The van der Waals surface area contributed by atoms with Crippen molar-refractivity contribution in [2.24, 2.45) is 0 Å². The average Bonchev–Trinajstić information content (AvgIpc) is 2.90. The molecule has 0 aliphatic rings. The summed E-state index contributed by atoms with van der Waals surface area (Å²) in [6, 6.07) is 9.26. The van der Waals surface area contributed by atoms with Crippen molar-refractivity contribution in [3.05, 3.63) is 54.1 Å². The second-order valence-electron chi connectivity index (χ2n) is 3.77. The van der Waals surface area contributed by atoms with Gasteiger partial charge >= 0.3 is 0 Å². The minimum Gasteiger partial charge on any atom is -0.507 e. The zero-order valence-electron chi connectivity index (χ0n) is 8.60. The summed E-state index contributed by atoms with van der Waals surface area (Å²) in [5.41, 5.74) is 1.99. The molecule has 80 valence electrons. The zero-order chi connectivity index (χ0) is 11.0. The van der Waals surface area contributed by atoms with Gasteiger partial charge in [0.25, 0.3) is 0 Å². The molecule has 0 bridgehead atoms. The fourth-order valence-electron chi connectivity index (χ4n) is 1.98. The van der Waals surface area contributed by atoms with Crippen molar-refractivity contribution >= 4 is 10.9 Å². The molecule has 16 heavy (non-hydrogen) atoms. The number of H-pyrrole nitrogens is 1. The van der Waals surface area contributed by atoms with Crippen molar-refractivity contribution in [1.29, 1.82) is 0 Å². The molecule has 0 atom stereocenters. The zero-order valence-corrected chi connectivity index (χ0v) is 8.60. The monoisotopic (exact) mass is 213 g/mol. The van der Waals surface area contributed by atoms with Crippen LogP contribution in [0.3, 0.4) is 0 Å². The van der Waals surface area contributed by atoms with E-state index in [1.165, 1.54) is 0 Å². The fourth-order valence-corrected chi connectivity index (χ4v) is 1.98. The number of phenolic OH excluding ortho intramolecular Hbond substituents is 1. The summed E-state index contributed by atoms with van der Waals surface area (Å²) in [6.45, 7) is 0. The van der Waals surface area contributed by atoms with Crippen LogP contribution in [0.4, 0.5) is 0 Å². The van der Waals surface area contributed by atoms with Gasteiger partial charge in [0.2, 0.25) is 0 Å². The summed E-state index contributed by atoms with van der Waals surface area (Å²) >= 11 is 0. The summed E-state index contributed by atoms with van der Waals surface area (Å²) < 4.78 is 5.30. The Balaban J connectivity index is 2.10. The second kappa shape index (κ2) is 3.45. The van der Waals surface area contributed by atoms with Crippen LogP contribution in [-0.2, 0) is 6.42 Å². The maximum Gasteiger partial charge on any atom is 0.125 e. The van der Waals surface area contributed by atoms with Gasteiger partial charge in [-0.15, -0.1) is 0 Å². The van der Waals surface area contributed by atoms with E-state index in [1.807, 2.05) is 30.5 Å². The van der Waals surface area contributed by atoms with Crippen LogP contribution >= 0.6 is 0 Å². The van der Waals surface area contributed by atoms with Crippen LogP contribution in [0.1, 0.15) is 11.3 Å². The smallest absolute Gasteiger partial charge is 0.125 e. The average molecular weight is 213 g/mol. The van der Waals surface area contributed by atoms with Crippen molar-refractivity contribution in [1.82, 2.24) is 4.98 Å². The van der Waals surface area contributed by atoms with Crippen molar-refractivity contribution in [2.45, 2.75) is 6.42 Å². The Labute approximate surface area is 92.3 Å². The molecule has 1 aromatic carbocycles. The maximum absolute atomic E-state index is 9.82. The molecule has 3 heteroatoms. The lowest BCUT2D eigenvalue weighted by Gasteiger charge is -1.98. The van der Waals surface area contributed by atoms with Crippen molar-refractivity contribution in [3.8, 4) is 5.75 Å². The third-order valence-electron chi connectivity index (χ3n) is 2.71. The molecular weight excluding hydrogens is 202 g/mol. The van der Waals surface area contributed by atoms with Gasteiger partial charge in [0, 0.05) is 23.5 Å². The molecule has 3 aromatic rings. The lowest BCUT2D eigenvalue weighted by molar-refractivity contribution is 0.481. The van der Waals surface area contributed by atoms with E-state index >= 15 is 0 Å². The summed E-state index contributed by atoms with van der Waals surface area (Å²) in [6.07, 6.45) is 4.25. The number of rotatable bonds is 2. The molecule has 0 spiro atoms. The van der Waals surface area contributed by atoms with Crippen molar-refractivity contribution in [2.75, 3.05) is 0 Å². The minimum atomic E-state index is 0.306. The van der Waals surface area contributed by atoms with Crippen LogP contribution in [0.2, 0.25) is 0 Å². The molecule has 0 amide bonds. The van der Waals surface area contributed by atoms with E-state index in [0.717, 1.165) is 22.2 Å². The number of nitrogens with one attached hydrogen (secondary N) is 1. The maximum atomic E-state index is 9.82. The molecule has 0 saturated carbocycles. The van der Waals surface area contributed by atoms with E-state index in [0.29, 0.717) is 12.2 Å². The fraction of sp³-hybridized carbons (Fsp3) is 0.0769. The predicted octanol–water partition coefficient (Wildman–Crippen LogP) is 3.06. The van der Waals surface area contributed by atoms with E-state index in [1.54, 1.807) is 12.3 Å². The van der Waals surface area contributed by atoms with Crippen molar-refractivity contribution < 1.29 is 9.52 Å². The summed E-state index contributed by atoms with van der Waals surface area (Å²) in [5.74, 6) is 1.20. The Kier molecular flexibility index (Phi) is 1.96. The summed E-state index contributed by atoms with van der Waals surface area (Å²) in [5, 5.41) is 10.7. The Morgan fingerprint density at radius 2 is 2.12 bits per heavy atom. The van der Waals surface area contributed by atoms with Crippen LogP contribution in [0, 0.1) is 0 Å². The SMILES string of the molecule is Oc1cccc2[nH]cc(Cc3ccco3)c12. The Bertz CT molecular complexity index is 608. The molecule has 0 aliphatic carbocycles. The van der Waals surface area contributed by atoms with E-state index in [9.17, 15) is 5.11 Å². The van der Waals surface area contributed by atoms with Gasteiger partial charge in [-0.1, -0.05) is 6.07 Å². The molecule has 0 radical (unpaired) electrons. The molecule has 0 unspecified atom stereocenters. The first kappa shape index (κ1) is 9.09. The molecule has 0 fully saturated rings. The van der Waals surface area contributed by atoms with Gasteiger partial charge < -0.3 is 14.5 Å². The topological polar surface area (TPSA) is 49.2 Å². The number of aromatic hydroxyl groups is 1. The van der Waals surface area contributed by atoms with Gasteiger partial charge in [0.1, 0.15) is 11.5 Å². The van der Waals surface area contributed by atoms with Gasteiger partial charge in [-0.3, -0.25) is 0 Å². The van der Waals surface area contributed by atoms with E-state index in [2.05, 4.69) is 4.98 Å². The first-order valence-electron chi connectivity index (χ1n) is 5.15.